The maximum absolute atomic E-state index is 8.77. The Hall–Kier alpha value is -0.120. The van der Waals surface area contributed by atoms with Crippen molar-refractivity contribution in [3.63, 3.8) is 0 Å². The van der Waals surface area contributed by atoms with Crippen LogP contribution in [0.5, 0.6) is 0 Å². The van der Waals surface area contributed by atoms with Gasteiger partial charge in [0.15, 0.2) is 0 Å². The molecule has 3 nitrogen and oxygen atoms in total. The van der Waals surface area contributed by atoms with Gasteiger partial charge in [0.2, 0.25) is 0 Å². The maximum Gasteiger partial charge on any atom is 0.117 e. The Morgan fingerprint density at radius 2 is 2.50 bits per heavy atom. The molecule has 1 aliphatic rings. The quantitative estimate of drug-likeness (QED) is 0.386. The SMILES string of the molecule is NC(O)[C@@H]1CCCN1. The van der Waals surface area contributed by atoms with Crippen LogP contribution >= 0.6 is 0 Å². The van der Waals surface area contributed by atoms with Gasteiger partial charge >= 0.3 is 0 Å². The summed E-state index contributed by atoms with van der Waals surface area (Å²) >= 11 is 0. The number of hydrogen-bond acceptors (Lipinski definition) is 3. The normalized spacial score (nSPS) is 33.0. The average Bonchev–Trinajstić information content (AvgIpc) is 2.12. The zero-order chi connectivity index (χ0) is 5.98. The smallest absolute Gasteiger partial charge is 0.117 e. The minimum absolute atomic E-state index is 0.148. The molecule has 1 aliphatic heterocycles. The van der Waals surface area contributed by atoms with E-state index in [2.05, 4.69) is 5.32 Å². The summed E-state index contributed by atoms with van der Waals surface area (Å²) in [4.78, 5) is 0. The van der Waals surface area contributed by atoms with Crippen LogP contribution in [-0.4, -0.2) is 23.9 Å². The molecule has 8 heavy (non-hydrogen) atoms. The first-order chi connectivity index (χ1) is 3.80. The fourth-order valence-electron chi connectivity index (χ4n) is 1.00. The fraction of sp³-hybridized carbons (Fsp3) is 1.00. The van der Waals surface area contributed by atoms with Crippen molar-refractivity contribution < 1.29 is 5.11 Å². The molecule has 48 valence electrons. The molecule has 1 heterocycles. The van der Waals surface area contributed by atoms with Gasteiger partial charge in [0.1, 0.15) is 6.23 Å². The molecule has 0 aromatic rings. The van der Waals surface area contributed by atoms with Gasteiger partial charge in [-0.3, -0.25) is 0 Å². The molecule has 0 aromatic carbocycles. The Labute approximate surface area is 48.9 Å². The molecular weight excluding hydrogens is 104 g/mol. The van der Waals surface area contributed by atoms with Crippen molar-refractivity contribution in [2.75, 3.05) is 6.54 Å². The minimum Gasteiger partial charge on any atom is -0.377 e. The average molecular weight is 116 g/mol. The monoisotopic (exact) mass is 116 g/mol. The Bertz CT molecular complexity index is 68.8. The van der Waals surface area contributed by atoms with Crippen LogP contribution in [0.2, 0.25) is 0 Å². The van der Waals surface area contributed by atoms with Crippen molar-refractivity contribution in [3.05, 3.63) is 0 Å². The van der Waals surface area contributed by atoms with E-state index in [1.807, 2.05) is 0 Å². The van der Waals surface area contributed by atoms with Gasteiger partial charge in [-0.05, 0) is 19.4 Å². The lowest BCUT2D eigenvalue weighted by Gasteiger charge is -2.11. The van der Waals surface area contributed by atoms with E-state index in [0.717, 1.165) is 19.4 Å². The Balaban J connectivity index is 2.24. The van der Waals surface area contributed by atoms with Crippen molar-refractivity contribution in [1.82, 2.24) is 5.32 Å². The molecule has 1 saturated heterocycles. The van der Waals surface area contributed by atoms with Gasteiger partial charge in [-0.25, -0.2) is 0 Å². The summed E-state index contributed by atoms with van der Waals surface area (Å²) in [5, 5.41) is 11.8. The van der Waals surface area contributed by atoms with Crippen LogP contribution in [0.4, 0.5) is 0 Å². The third-order valence-corrected chi connectivity index (χ3v) is 1.51. The molecule has 0 spiro atoms. The molecule has 2 atom stereocenters. The van der Waals surface area contributed by atoms with E-state index in [-0.39, 0.29) is 6.04 Å². The van der Waals surface area contributed by atoms with Gasteiger partial charge < -0.3 is 16.2 Å². The number of nitrogens with two attached hydrogens (primary N) is 1. The minimum atomic E-state index is -0.669. The van der Waals surface area contributed by atoms with Crippen LogP contribution < -0.4 is 11.1 Å². The lowest BCUT2D eigenvalue weighted by atomic mass is 10.2. The van der Waals surface area contributed by atoms with Gasteiger partial charge in [0.25, 0.3) is 0 Å². The van der Waals surface area contributed by atoms with Crippen LogP contribution in [0, 0.1) is 0 Å². The Morgan fingerprint density at radius 3 is 2.75 bits per heavy atom. The maximum atomic E-state index is 8.77. The third-order valence-electron chi connectivity index (χ3n) is 1.51. The highest BCUT2D eigenvalue weighted by Gasteiger charge is 2.18. The summed E-state index contributed by atoms with van der Waals surface area (Å²) in [6.07, 6.45) is 1.48. The zero-order valence-corrected chi connectivity index (χ0v) is 4.80. The summed E-state index contributed by atoms with van der Waals surface area (Å²) in [5.41, 5.74) is 5.19. The lowest BCUT2D eigenvalue weighted by molar-refractivity contribution is 0.142. The molecule has 0 radical (unpaired) electrons. The molecule has 1 fully saturated rings. The fourth-order valence-corrected chi connectivity index (χ4v) is 1.00. The second-order valence-corrected chi connectivity index (χ2v) is 2.19. The van der Waals surface area contributed by atoms with Crippen molar-refractivity contribution in [1.29, 1.82) is 0 Å². The summed E-state index contributed by atoms with van der Waals surface area (Å²) in [6, 6.07) is 0.148. The van der Waals surface area contributed by atoms with E-state index >= 15 is 0 Å². The first-order valence-electron chi connectivity index (χ1n) is 2.98. The van der Waals surface area contributed by atoms with Crippen LogP contribution in [-0.2, 0) is 0 Å². The Morgan fingerprint density at radius 1 is 1.75 bits per heavy atom. The van der Waals surface area contributed by atoms with E-state index in [1.54, 1.807) is 0 Å². The highest BCUT2D eigenvalue weighted by molar-refractivity contribution is 4.77. The summed E-state index contributed by atoms with van der Waals surface area (Å²) in [6.45, 7) is 0.999. The van der Waals surface area contributed by atoms with Crippen molar-refractivity contribution >= 4 is 0 Å². The second kappa shape index (κ2) is 2.44. The van der Waals surface area contributed by atoms with E-state index in [4.69, 9.17) is 10.8 Å². The summed E-state index contributed by atoms with van der Waals surface area (Å²) < 4.78 is 0. The molecule has 4 N–H and O–H groups in total. The molecule has 0 aromatic heterocycles. The predicted octanol–water partition coefficient (Wildman–Crippen LogP) is -0.984. The first kappa shape index (κ1) is 6.01. The van der Waals surface area contributed by atoms with E-state index in [1.165, 1.54) is 0 Å². The van der Waals surface area contributed by atoms with E-state index < -0.39 is 6.23 Å². The summed E-state index contributed by atoms with van der Waals surface area (Å²) in [5.74, 6) is 0. The van der Waals surface area contributed by atoms with Gasteiger partial charge in [-0.15, -0.1) is 0 Å². The number of nitrogens with one attached hydrogen (secondary N) is 1. The van der Waals surface area contributed by atoms with Crippen LogP contribution in [0.3, 0.4) is 0 Å². The molecule has 1 rings (SSSR count). The van der Waals surface area contributed by atoms with Gasteiger partial charge in [-0.2, -0.15) is 0 Å². The number of rotatable bonds is 1. The van der Waals surface area contributed by atoms with Crippen LogP contribution in [0.25, 0.3) is 0 Å². The van der Waals surface area contributed by atoms with Crippen LogP contribution in [0.1, 0.15) is 12.8 Å². The standard InChI is InChI=1S/C5H12N2O/c6-5(8)4-2-1-3-7-4/h4-5,7-8H,1-3,6H2/t4-,5?/m0/s1. The van der Waals surface area contributed by atoms with Gasteiger partial charge in [0.05, 0.1) is 0 Å². The first-order valence-corrected chi connectivity index (χ1v) is 2.98. The number of aliphatic hydroxyl groups is 1. The number of hydrogen-bond donors (Lipinski definition) is 3. The molecule has 0 aliphatic carbocycles. The Kier molecular flexibility index (Phi) is 1.83. The lowest BCUT2D eigenvalue weighted by Crippen LogP contribution is -2.40. The number of aliphatic hydroxyl groups excluding tert-OH is 1. The van der Waals surface area contributed by atoms with Crippen molar-refractivity contribution in [3.8, 4) is 0 Å². The molecule has 1 unspecified atom stereocenters. The van der Waals surface area contributed by atoms with Gasteiger partial charge in [0, 0.05) is 6.04 Å². The van der Waals surface area contributed by atoms with Gasteiger partial charge in [-0.1, -0.05) is 0 Å². The predicted molar refractivity (Wildman–Crippen MR) is 31.2 cm³/mol. The molecule has 0 bridgehead atoms. The van der Waals surface area contributed by atoms with E-state index in [9.17, 15) is 0 Å². The highest BCUT2D eigenvalue weighted by atomic mass is 16.3. The molecular formula is C5H12N2O. The molecule has 0 amide bonds. The van der Waals surface area contributed by atoms with Crippen LogP contribution in [0.15, 0.2) is 0 Å². The zero-order valence-electron chi connectivity index (χ0n) is 4.80. The highest BCUT2D eigenvalue weighted by Crippen LogP contribution is 2.05. The van der Waals surface area contributed by atoms with E-state index in [0.29, 0.717) is 0 Å². The topological polar surface area (TPSA) is 58.3 Å². The largest absolute Gasteiger partial charge is 0.377 e. The summed E-state index contributed by atoms with van der Waals surface area (Å²) in [7, 11) is 0. The third kappa shape index (κ3) is 1.18. The van der Waals surface area contributed by atoms with Crippen molar-refractivity contribution in [2.45, 2.75) is 25.1 Å². The second-order valence-electron chi connectivity index (χ2n) is 2.19. The molecule has 0 saturated carbocycles. The van der Waals surface area contributed by atoms with Crippen molar-refractivity contribution in [2.24, 2.45) is 5.73 Å². The molecule has 3 heteroatoms.